The molecule has 1 unspecified atom stereocenters. The van der Waals surface area contributed by atoms with Gasteiger partial charge in [0.25, 0.3) is 11.8 Å². The molecule has 7 N–H and O–H groups in total. The first-order valence-electron chi connectivity index (χ1n) is 30.6. The van der Waals surface area contributed by atoms with Crippen LogP contribution in [0.25, 0.3) is 10.9 Å². The molecule has 26 nitrogen and oxygen atoms in total. The average molecular weight is 1370 g/mol. The van der Waals surface area contributed by atoms with Gasteiger partial charge >= 0.3 is 17.9 Å². The van der Waals surface area contributed by atoms with Crippen LogP contribution < -0.4 is 26.0 Å². The number of aliphatic carboxylic acids is 3. The lowest BCUT2D eigenvalue weighted by atomic mass is 10.1. The highest BCUT2D eigenvalue weighted by Gasteiger charge is 2.47. The Balaban J connectivity index is 0.922. The third kappa shape index (κ3) is 25.6. The number of alkyl halides is 2. The number of hydrogen-bond acceptors (Lipinski definition) is 17. The summed E-state index contributed by atoms with van der Waals surface area (Å²) in [5.74, 6) is -8.30. The first kappa shape index (κ1) is 71.8. The lowest BCUT2D eigenvalue weighted by molar-refractivity contribution is -0.140. The number of rotatable bonds is 32. The molecule has 6 rings (SSSR count). The summed E-state index contributed by atoms with van der Waals surface area (Å²) in [6, 6.07) is 14.2. The van der Waals surface area contributed by atoms with Gasteiger partial charge in [-0.3, -0.25) is 72.6 Å². The van der Waals surface area contributed by atoms with Crippen LogP contribution in [0.4, 0.5) is 8.78 Å². The standard InChI is InChI=1S/C61H84F2IN13O13/c62-61(63)36-46(37-65)77(43-61)55(81)38-69-59(88)48-17-20-66-50-16-15-47(35-49(48)50)90-34-6-21-71-30-32-76(33-31-71)54(80)10-2-1-3-18-68-60(89)51(8-5-19-67-52(78)9-4-7-44-11-13-45(64)14-12-44)70-53(79)39-72-22-24-73(40-56(82)83)26-28-75(42-58(86)87)29-27-74(25-23-72)41-57(84)85/h11-17,20,35,46,51H,1-10,18-19,21-34,36,38-43H2,(H,67,78)(H,68,89)(H,69,88)(H,70,79)(H,82,83)(H,84,85)(H,86,87)/t46-,51?/m1/s1. The highest BCUT2D eigenvalue weighted by Crippen LogP contribution is 2.32. The zero-order chi connectivity index (χ0) is 65.0. The smallest absolute Gasteiger partial charge is 0.317 e. The summed E-state index contributed by atoms with van der Waals surface area (Å²) in [6.45, 7) is 3.26. The number of halogens is 3. The number of likely N-dealkylation sites (tertiary alicyclic amines) is 1. The fourth-order valence-corrected chi connectivity index (χ4v) is 11.3. The number of carbonyl (C=O) groups is 9. The second-order valence-corrected chi connectivity index (χ2v) is 24.1. The second kappa shape index (κ2) is 37.2. The Morgan fingerprint density at radius 1 is 0.667 bits per heavy atom. The van der Waals surface area contributed by atoms with Crippen molar-refractivity contribution in [3.05, 3.63) is 69.4 Å². The zero-order valence-corrected chi connectivity index (χ0v) is 52.9. The number of carboxylic acid groups (broad SMARTS) is 3. The predicted octanol–water partition coefficient (Wildman–Crippen LogP) is 1.80. The third-order valence-corrected chi connectivity index (χ3v) is 16.6. The van der Waals surface area contributed by atoms with E-state index in [4.69, 9.17) is 4.74 Å². The molecule has 6 amide bonds. The van der Waals surface area contributed by atoms with Crippen LogP contribution in [-0.4, -0.2) is 270 Å². The molecule has 0 bridgehead atoms. The van der Waals surface area contributed by atoms with Crippen molar-refractivity contribution in [1.29, 1.82) is 5.26 Å². The van der Waals surface area contributed by atoms with E-state index in [1.54, 1.807) is 43.9 Å². The van der Waals surface area contributed by atoms with E-state index in [0.717, 1.165) is 27.0 Å². The number of pyridine rings is 1. The van der Waals surface area contributed by atoms with Crippen molar-refractivity contribution in [3.63, 3.8) is 0 Å². The average Bonchev–Trinajstić information content (AvgIpc) is 2.09. The second-order valence-electron chi connectivity index (χ2n) is 22.9. The van der Waals surface area contributed by atoms with Gasteiger partial charge in [-0.05, 0) is 109 Å². The van der Waals surface area contributed by atoms with Gasteiger partial charge in [-0.1, -0.05) is 18.6 Å². The van der Waals surface area contributed by atoms with Crippen molar-refractivity contribution < 1.29 is 72.0 Å². The third-order valence-electron chi connectivity index (χ3n) is 15.9. The molecule has 2 aromatic carbocycles. The summed E-state index contributed by atoms with van der Waals surface area (Å²) < 4.78 is 35.0. The monoisotopic (exact) mass is 1370 g/mol. The molecular weight excluding hydrogens is 1290 g/mol. The Kier molecular flexibility index (Phi) is 29.7. The van der Waals surface area contributed by atoms with Crippen molar-refractivity contribution in [2.24, 2.45) is 0 Å². The van der Waals surface area contributed by atoms with Crippen LogP contribution in [-0.2, 0) is 44.8 Å². The summed E-state index contributed by atoms with van der Waals surface area (Å²) in [5.41, 5.74) is 1.85. The predicted molar refractivity (Wildman–Crippen MR) is 334 cm³/mol. The summed E-state index contributed by atoms with van der Waals surface area (Å²) in [5, 5.41) is 49.7. The van der Waals surface area contributed by atoms with E-state index in [-0.39, 0.29) is 115 Å². The van der Waals surface area contributed by atoms with Gasteiger partial charge in [0.05, 0.1) is 63.0 Å². The van der Waals surface area contributed by atoms with E-state index in [0.29, 0.717) is 101 Å². The molecule has 1 aromatic heterocycles. The molecule has 0 radical (unpaired) electrons. The zero-order valence-electron chi connectivity index (χ0n) is 50.8. The maximum atomic E-state index is 13.9. The summed E-state index contributed by atoms with van der Waals surface area (Å²) in [4.78, 5) is 131. The van der Waals surface area contributed by atoms with Gasteiger partial charge in [0.15, 0.2) is 0 Å². The Bertz CT molecular complexity index is 2920. The van der Waals surface area contributed by atoms with Gasteiger partial charge in [-0.15, -0.1) is 0 Å². The molecule has 29 heteroatoms. The van der Waals surface area contributed by atoms with E-state index in [1.807, 2.05) is 29.2 Å². The van der Waals surface area contributed by atoms with Crippen molar-refractivity contribution in [2.45, 2.75) is 88.6 Å². The van der Waals surface area contributed by atoms with E-state index >= 15 is 0 Å². The minimum absolute atomic E-state index is 0.0426. The van der Waals surface area contributed by atoms with Crippen molar-refractivity contribution in [2.75, 3.05) is 144 Å². The van der Waals surface area contributed by atoms with Gasteiger partial charge in [-0.25, -0.2) is 8.78 Å². The van der Waals surface area contributed by atoms with Gasteiger partial charge in [0.2, 0.25) is 29.5 Å². The number of ether oxygens (including phenoxy) is 1. The summed E-state index contributed by atoms with van der Waals surface area (Å²) in [6.07, 6.45) is 5.83. The molecule has 2 atom stereocenters. The Hall–Kier alpha value is -7.24. The number of fused-ring (bicyclic) bond motifs is 1. The van der Waals surface area contributed by atoms with Crippen LogP contribution in [0.5, 0.6) is 5.75 Å². The highest BCUT2D eigenvalue weighted by atomic mass is 127. The minimum atomic E-state index is -3.18. The number of carbonyl (C=O) groups excluding carboxylic acids is 6. The number of aryl methyl sites for hydroxylation is 1. The van der Waals surface area contributed by atoms with Crippen LogP contribution in [0.3, 0.4) is 0 Å². The molecule has 3 aromatic rings. The van der Waals surface area contributed by atoms with Crippen LogP contribution in [0.1, 0.15) is 80.1 Å². The Morgan fingerprint density at radius 3 is 1.88 bits per heavy atom. The number of aromatic nitrogens is 1. The number of nitrogens with one attached hydrogen (secondary N) is 4. The fraction of sp³-hybridized carbons (Fsp3) is 0.590. The number of unbranched alkanes of at least 4 members (excludes halogenated alkanes) is 2. The number of carboxylic acids is 3. The lowest BCUT2D eigenvalue weighted by Crippen LogP contribution is -2.52. The molecule has 3 aliphatic heterocycles. The maximum Gasteiger partial charge on any atom is 0.317 e. The van der Waals surface area contributed by atoms with Gasteiger partial charge < -0.3 is 51.1 Å². The van der Waals surface area contributed by atoms with Crippen molar-refractivity contribution in [1.82, 2.24) is 60.6 Å². The van der Waals surface area contributed by atoms with Crippen LogP contribution in [0.15, 0.2) is 54.7 Å². The van der Waals surface area contributed by atoms with Gasteiger partial charge in [-0.2, -0.15) is 5.26 Å². The summed E-state index contributed by atoms with van der Waals surface area (Å²) >= 11 is 2.24. The van der Waals surface area contributed by atoms with E-state index in [1.165, 1.54) is 12.3 Å². The van der Waals surface area contributed by atoms with Crippen LogP contribution in [0, 0.1) is 14.9 Å². The molecule has 3 saturated heterocycles. The first-order valence-corrected chi connectivity index (χ1v) is 31.7. The van der Waals surface area contributed by atoms with E-state index in [9.17, 15) is 72.5 Å². The number of amides is 6. The van der Waals surface area contributed by atoms with Crippen molar-refractivity contribution >= 4 is 86.8 Å². The number of hydrogen-bond donors (Lipinski definition) is 7. The Morgan fingerprint density at radius 2 is 1.27 bits per heavy atom. The topological polar surface area (TPSA) is 331 Å². The first-order chi connectivity index (χ1) is 43.1. The Labute approximate surface area is 536 Å². The largest absolute Gasteiger partial charge is 0.494 e. The van der Waals surface area contributed by atoms with Gasteiger partial charge in [0, 0.05) is 133 Å². The van der Waals surface area contributed by atoms with E-state index < -0.39 is 79.1 Å². The molecule has 3 aliphatic rings. The fourth-order valence-electron chi connectivity index (χ4n) is 11.0. The molecule has 0 spiro atoms. The lowest BCUT2D eigenvalue weighted by Gasteiger charge is -2.34. The number of nitrogens with zero attached hydrogens (tertiary/aromatic N) is 9. The number of nitriles is 1. The SMILES string of the molecule is N#C[C@H]1CC(F)(F)CN1C(=O)CNC(=O)c1ccnc2ccc(OCCCN3CCN(C(=O)CCCCCNC(=O)C(CCCNC(=O)CCCc4ccc(I)cc4)NC(=O)CN4CCN(CC(=O)O)CCN(CC(=O)O)CCN(CC(=O)O)CC4)CC3)cc12. The number of benzene rings is 2. The molecule has 3 fully saturated rings. The molecule has 90 heavy (non-hydrogen) atoms. The normalized spacial score (nSPS) is 17.7. The quantitative estimate of drug-likeness (QED) is 0.0346. The molecule has 492 valence electrons. The minimum Gasteiger partial charge on any atom is -0.494 e. The molecular formula is C61H84F2IN13O13. The maximum absolute atomic E-state index is 13.9. The van der Waals surface area contributed by atoms with Crippen molar-refractivity contribution in [3.8, 4) is 11.8 Å². The molecule has 4 heterocycles. The number of piperazine rings is 1. The van der Waals surface area contributed by atoms with Gasteiger partial charge in [0.1, 0.15) is 17.8 Å². The molecule has 0 aliphatic carbocycles. The highest BCUT2D eigenvalue weighted by molar-refractivity contribution is 14.1. The summed E-state index contributed by atoms with van der Waals surface area (Å²) in [7, 11) is 0. The van der Waals surface area contributed by atoms with E-state index in [2.05, 4.69) is 53.7 Å². The molecule has 0 saturated carbocycles. The van der Waals surface area contributed by atoms with Crippen LogP contribution >= 0.6 is 22.6 Å². The van der Waals surface area contributed by atoms with Crippen LogP contribution in [0.2, 0.25) is 0 Å².